The Morgan fingerprint density at radius 2 is 2.07 bits per heavy atom. The lowest BCUT2D eigenvalue weighted by molar-refractivity contribution is -0.135. The second kappa shape index (κ2) is 9.64. The first-order valence-electron chi connectivity index (χ1n) is 9.50. The van der Waals surface area contributed by atoms with Gasteiger partial charge in [0.25, 0.3) is 0 Å². The van der Waals surface area contributed by atoms with Gasteiger partial charge in [-0.25, -0.2) is 14.2 Å². The molecular formula is C20H25FN4O2S. The van der Waals surface area contributed by atoms with E-state index in [0.29, 0.717) is 17.2 Å². The van der Waals surface area contributed by atoms with Gasteiger partial charge in [0.1, 0.15) is 5.82 Å². The average molecular weight is 405 g/mol. The van der Waals surface area contributed by atoms with E-state index >= 15 is 0 Å². The predicted molar refractivity (Wildman–Crippen MR) is 107 cm³/mol. The first-order valence-corrected chi connectivity index (χ1v) is 10.4. The first-order chi connectivity index (χ1) is 13.5. The van der Waals surface area contributed by atoms with Gasteiger partial charge in [0.05, 0.1) is 12.2 Å². The number of rotatable bonds is 6. The Morgan fingerprint density at radius 3 is 2.82 bits per heavy atom. The maximum atomic E-state index is 13.2. The normalized spacial score (nSPS) is 14.5. The van der Waals surface area contributed by atoms with Gasteiger partial charge < -0.3 is 10.2 Å². The van der Waals surface area contributed by atoms with E-state index in [1.807, 2.05) is 5.38 Å². The van der Waals surface area contributed by atoms with Crippen LogP contribution in [0.5, 0.6) is 0 Å². The topological polar surface area (TPSA) is 74.3 Å². The summed E-state index contributed by atoms with van der Waals surface area (Å²) in [6.07, 6.45) is 5.41. The number of carbonyl (C=O) groups is 2. The van der Waals surface area contributed by atoms with Crippen LogP contribution in [0.4, 0.5) is 14.3 Å². The minimum absolute atomic E-state index is 0.128. The highest BCUT2D eigenvalue weighted by atomic mass is 32.1. The van der Waals surface area contributed by atoms with Gasteiger partial charge in [0, 0.05) is 24.9 Å². The van der Waals surface area contributed by atoms with Crippen molar-refractivity contribution in [2.45, 2.75) is 45.2 Å². The summed E-state index contributed by atoms with van der Waals surface area (Å²) < 4.78 is 13.2. The molecule has 28 heavy (non-hydrogen) atoms. The molecule has 3 amide bonds. The maximum absolute atomic E-state index is 13.2. The van der Waals surface area contributed by atoms with Crippen LogP contribution in [0.1, 0.15) is 43.4 Å². The number of nitrogens with one attached hydrogen (secondary N) is 2. The van der Waals surface area contributed by atoms with Crippen molar-refractivity contribution < 1.29 is 14.0 Å². The van der Waals surface area contributed by atoms with E-state index in [0.717, 1.165) is 31.4 Å². The smallest absolute Gasteiger partial charge is 0.321 e. The van der Waals surface area contributed by atoms with Gasteiger partial charge in [0.2, 0.25) is 5.91 Å². The number of halogens is 1. The number of thiazole rings is 1. The Morgan fingerprint density at radius 1 is 1.29 bits per heavy atom. The van der Waals surface area contributed by atoms with Crippen LogP contribution in [-0.4, -0.2) is 28.9 Å². The molecule has 0 aliphatic heterocycles. The number of anilines is 1. The van der Waals surface area contributed by atoms with Crippen LogP contribution in [0.25, 0.3) is 0 Å². The van der Waals surface area contributed by atoms with Crippen molar-refractivity contribution in [2.75, 3.05) is 12.4 Å². The highest BCUT2D eigenvalue weighted by Crippen LogP contribution is 2.26. The van der Waals surface area contributed by atoms with Gasteiger partial charge in [-0.3, -0.25) is 10.1 Å². The van der Waals surface area contributed by atoms with Gasteiger partial charge in [-0.1, -0.05) is 31.4 Å². The molecule has 0 atom stereocenters. The highest BCUT2D eigenvalue weighted by molar-refractivity contribution is 7.13. The van der Waals surface area contributed by atoms with Crippen molar-refractivity contribution in [3.8, 4) is 0 Å². The molecule has 1 aliphatic rings. The minimum atomic E-state index is -0.406. The number of carbonyl (C=O) groups excluding carboxylic acids is 2. The Bertz CT molecular complexity index is 820. The maximum Gasteiger partial charge on any atom is 0.321 e. The van der Waals surface area contributed by atoms with E-state index in [4.69, 9.17) is 0 Å². The van der Waals surface area contributed by atoms with E-state index < -0.39 is 6.03 Å². The number of hydrogen-bond acceptors (Lipinski definition) is 4. The highest BCUT2D eigenvalue weighted by Gasteiger charge is 2.24. The van der Waals surface area contributed by atoms with Crippen molar-refractivity contribution in [1.29, 1.82) is 0 Å². The second-order valence-corrected chi connectivity index (χ2v) is 7.97. The molecule has 1 aromatic heterocycles. The van der Waals surface area contributed by atoms with Gasteiger partial charge in [0.15, 0.2) is 5.13 Å². The third kappa shape index (κ3) is 5.76. The number of nitrogens with zero attached hydrogens (tertiary/aromatic N) is 2. The van der Waals surface area contributed by atoms with E-state index in [9.17, 15) is 14.0 Å². The fraction of sp³-hybridized carbons (Fsp3) is 0.450. The summed E-state index contributed by atoms with van der Waals surface area (Å²) in [7, 11) is 1.80. The summed E-state index contributed by atoms with van der Waals surface area (Å²) in [6, 6.07) is 5.67. The van der Waals surface area contributed by atoms with Gasteiger partial charge >= 0.3 is 6.03 Å². The molecule has 1 aromatic carbocycles. The molecule has 3 rings (SSSR count). The van der Waals surface area contributed by atoms with Crippen LogP contribution in [-0.2, 0) is 17.9 Å². The SMILES string of the molecule is CN(Cc1csc(NC(=O)NCc2cccc(F)c2)n1)C(=O)C1CCCCC1. The predicted octanol–water partition coefficient (Wildman–Crippen LogP) is 4.14. The van der Waals surface area contributed by atoms with Crippen LogP contribution in [0.15, 0.2) is 29.6 Å². The van der Waals surface area contributed by atoms with Gasteiger partial charge in [-0.15, -0.1) is 11.3 Å². The van der Waals surface area contributed by atoms with Crippen LogP contribution in [0.3, 0.4) is 0 Å². The summed E-state index contributed by atoms with van der Waals surface area (Å²) in [5, 5.41) is 7.65. The summed E-state index contributed by atoms with van der Waals surface area (Å²) in [5.41, 5.74) is 1.43. The molecule has 1 saturated carbocycles. The molecule has 0 saturated heterocycles. The lowest BCUT2D eigenvalue weighted by Crippen LogP contribution is -2.33. The Hall–Kier alpha value is -2.48. The Kier molecular flexibility index (Phi) is 6.97. The Labute approximate surface area is 168 Å². The molecule has 0 radical (unpaired) electrons. The molecule has 1 aliphatic carbocycles. The third-order valence-corrected chi connectivity index (χ3v) is 5.65. The van der Waals surface area contributed by atoms with E-state index in [-0.39, 0.29) is 24.2 Å². The molecule has 1 fully saturated rings. The second-order valence-electron chi connectivity index (χ2n) is 7.11. The minimum Gasteiger partial charge on any atom is -0.340 e. The summed E-state index contributed by atoms with van der Waals surface area (Å²) in [5.74, 6) is -0.0326. The molecule has 2 N–H and O–H groups in total. The largest absolute Gasteiger partial charge is 0.340 e. The van der Waals surface area contributed by atoms with Crippen LogP contribution < -0.4 is 10.6 Å². The number of hydrogen-bond donors (Lipinski definition) is 2. The van der Waals surface area contributed by atoms with Gasteiger partial charge in [-0.2, -0.15) is 0 Å². The molecule has 2 aromatic rings. The zero-order valence-electron chi connectivity index (χ0n) is 15.9. The summed E-state index contributed by atoms with van der Waals surface area (Å²) in [4.78, 5) is 30.6. The first kappa shape index (κ1) is 20.3. The van der Waals surface area contributed by atoms with Crippen molar-refractivity contribution in [3.05, 3.63) is 46.7 Å². The monoisotopic (exact) mass is 404 g/mol. The zero-order valence-corrected chi connectivity index (χ0v) is 16.7. The fourth-order valence-electron chi connectivity index (χ4n) is 3.39. The molecule has 0 unspecified atom stereocenters. The number of amides is 3. The molecule has 8 heteroatoms. The molecule has 150 valence electrons. The van der Waals surface area contributed by atoms with Gasteiger partial charge in [-0.05, 0) is 30.5 Å². The average Bonchev–Trinajstić information content (AvgIpc) is 3.13. The molecule has 6 nitrogen and oxygen atoms in total. The van der Waals surface area contributed by atoms with Crippen molar-refractivity contribution >= 4 is 28.4 Å². The van der Waals surface area contributed by atoms with Crippen molar-refractivity contribution in [2.24, 2.45) is 5.92 Å². The van der Waals surface area contributed by atoms with Crippen LogP contribution in [0.2, 0.25) is 0 Å². The molecule has 1 heterocycles. The zero-order chi connectivity index (χ0) is 19.9. The van der Waals surface area contributed by atoms with Crippen molar-refractivity contribution in [1.82, 2.24) is 15.2 Å². The molecular weight excluding hydrogens is 379 g/mol. The van der Waals surface area contributed by atoms with Crippen molar-refractivity contribution in [3.63, 3.8) is 0 Å². The van der Waals surface area contributed by atoms with E-state index in [2.05, 4.69) is 15.6 Å². The third-order valence-electron chi connectivity index (χ3n) is 4.84. The summed E-state index contributed by atoms with van der Waals surface area (Å²) in [6.45, 7) is 0.652. The fourth-order valence-corrected chi connectivity index (χ4v) is 4.09. The lowest BCUT2D eigenvalue weighted by atomic mass is 9.88. The quantitative estimate of drug-likeness (QED) is 0.760. The number of urea groups is 1. The lowest BCUT2D eigenvalue weighted by Gasteiger charge is -2.25. The number of aromatic nitrogens is 1. The molecule has 0 bridgehead atoms. The summed E-state index contributed by atoms with van der Waals surface area (Å²) >= 11 is 1.31. The molecule has 0 spiro atoms. The Balaban J connectivity index is 1.46. The van der Waals surface area contributed by atoms with Crippen LogP contribution in [0, 0.1) is 11.7 Å². The van der Waals surface area contributed by atoms with E-state index in [1.165, 1.54) is 29.9 Å². The van der Waals surface area contributed by atoms with Crippen LogP contribution >= 0.6 is 11.3 Å². The standard InChI is InChI=1S/C20H25FN4O2S/c1-25(18(26)15-7-3-2-4-8-15)12-17-13-28-20(23-17)24-19(27)22-11-14-6-5-9-16(21)10-14/h5-6,9-10,13,15H,2-4,7-8,11-12H2,1H3,(H2,22,23,24,27). The van der Waals surface area contributed by atoms with E-state index in [1.54, 1.807) is 24.1 Å². The number of benzene rings is 1.